The summed E-state index contributed by atoms with van der Waals surface area (Å²) in [6, 6.07) is 0.654. The Labute approximate surface area is 96.3 Å². The van der Waals surface area contributed by atoms with Gasteiger partial charge in [-0.25, -0.2) is 0 Å². The van der Waals surface area contributed by atoms with Gasteiger partial charge in [0, 0.05) is 12.6 Å². The van der Waals surface area contributed by atoms with Crippen molar-refractivity contribution in [1.82, 2.24) is 4.90 Å². The van der Waals surface area contributed by atoms with Gasteiger partial charge in [0.2, 0.25) is 0 Å². The first-order valence-electron chi connectivity index (χ1n) is 6.16. The second kappa shape index (κ2) is 4.34. The van der Waals surface area contributed by atoms with Crippen molar-refractivity contribution in [3.63, 3.8) is 0 Å². The van der Waals surface area contributed by atoms with Crippen LogP contribution in [0.15, 0.2) is 0 Å². The molecule has 0 atom stereocenters. The summed E-state index contributed by atoms with van der Waals surface area (Å²) in [5, 5.41) is 19.3. The van der Waals surface area contributed by atoms with E-state index in [-0.39, 0.29) is 5.92 Å². The van der Waals surface area contributed by atoms with Crippen molar-refractivity contribution in [1.29, 1.82) is 0 Å². The molecule has 0 aromatic heterocycles. The standard InChI is InChI=1S/C12H21NO3/c1-13(10-2-3-10)8-12(16)6-4-9(5-7-12)11(14)15/h9-10,16H,2-8H2,1H3,(H,14,15). The third-order valence-corrected chi connectivity index (χ3v) is 3.98. The van der Waals surface area contributed by atoms with Crippen LogP contribution in [-0.2, 0) is 4.79 Å². The topological polar surface area (TPSA) is 60.8 Å². The monoisotopic (exact) mass is 227 g/mol. The Balaban J connectivity index is 1.82. The first-order chi connectivity index (χ1) is 7.50. The molecule has 2 N–H and O–H groups in total. The number of hydrogen-bond donors (Lipinski definition) is 2. The van der Waals surface area contributed by atoms with Crippen molar-refractivity contribution < 1.29 is 15.0 Å². The van der Waals surface area contributed by atoms with Gasteiger partial charge in [-0.15, -0.1) is 0 Å². The zero-order chi connectivity index (χ0) is 11.8. The van der Waals surface area contributed by atoms with Crippen LogP contribution in [0, 0.1) is 5.92 Å². The lowest BCUT2D eigenvalue weighted by Gasteiger charge is -2.37. The van der Waals surface area contributed by atoms with E-state index in [4.69, 9.17) is 5.11 Å². The van der Waals surface area contributed by atoms with Gasteiger partial charge in [0.25, 0.3) is 0 Å². The highest BCUT2D eigenvalue weighted by Crippen LogP contribution is 2.35. The molecule has 4 heteroatoms. The largest absolute Gasteiger partial charge is 0.481 e. The number of hydrogen-bond acceptors (Lipinski definition) is 3. The molecule has 2 rings (SSSR count). The van der Waals surface area contributed by atoms with Gasteiger partial charge < -0.3 is 15.1 Å². The minimum Gasteiger partial charge on any atom is -0.481 e. The molecule has 0 aromatic carbocycles. The van der Waals surface area contributed by atoms with Crippen LogP contribution in [0.1, 0.15) is 38.5 Å². The molecule has 0 radical (unpaired) electrons. The van der Waals surface area contributed by atoms with Crippen LogP contribution in [0.4, 0.5) is 0 Å². The summed E-state index contributed by atoms with van der Waals surface area (Å²) in [6.45, 7) is 0.698. The first kappa shape index (κ1) is 11.9. The van der Waals surface area contributed by atoms with Crippen molar-refractivity contribution in [2.24, 2.45) is 5.92 Å². The summed E-state index contributed by atoms with van der Waals surface area (Å²) in [6.07, 6.45) is 4.96. The molecule has 2 fully saturated rings. The Hall–Kier alpha value is -0.610. The van der Waals surface area contributed by atoms with Gasteiger partial charge in [-0.1, -0.05) is 0 Å². The molecule has 0 saturated heterocycles. The summed E-state index contributed by atoms with van der Waals surface area (Å²) in [7, 11) is 2.05. The van der Waals surface area contributed by atoms with Gasteiger partial charge in [-0.2, -0.15) is 0 Å². The fraction of sp³-hybridized carbons (Fsp3) is 0.917. The number of aliphatic carboxylic acids is 1. The van der Waals surface area contributed by atoms with Gasteiger partial charge in [0.1, 0.15) is 0 Å². The summed E-state index contributed by atoms with van der Waals surface area (Å²) >= 11 is 0. The van der Waals surface area contributed by atoms with Crippen LogP contribution in [-0.4, -0.2) is 46.3 Å². The second-order valence-corrected chi connectivity index (χ2v) is 5.48. The van der Waals surface area contributed by atoms with Crippen LogP contribution < -0.4 is 0 Å². The van der Waals surface area contributed by atoms with Crippen LogP contribution >= 0.6 is 0 Å². The molecule has 0 unspecified atom stereocenters. The van der Waals surface area contributed by atoms with Gasteiger partial charge in [0.15, 0.2) is 0 Å². The Morgan fingerprint density at radius 1 is 1.31 bits per heavy atom. The molecule has 0 spiro atoms. The highest BCUT2D eigenvalue weighted by Gasteiger charge is 2.38. The third kappa shape index (κ3) is 2.74. The fourth-order valence-electron chi connectivity index (χ4n) is 2.67. The summed E-state index contributed by atoms with van der Waals surface area (Å²) in [5.74, 6) is -0.955. The zero-order valence-corrected chi connectivity index (χ0v) is 9.85. The Bertz CT molecular complexity index is 267. The van der Waals surface area contributed by atoms with E-state index in [9.17, 15) is 9.90 Å². The SMILES string of the molecule is CN(CC1(O)CCC(C(=O)O)CC1)C1CC1. The van der Waals surface area contributed by atoms with Gasteiger partial charge in [-0.3, -0.25) is 4.79 Å². The Morgan fingerprint density at radius 2 is 1.88 bits per heavy atom. The molecule has 0 aliphatic heterocycles. The fourth-order valence-corrected chi connectivity index (χ4v) is 2.67. The lowest BCUT2D eigenvalue weighted by Crippen LogP contribution is -2.45. The molecular weight excluding hydrogens is 206 g/mol. The first-order valence-corrected chi connectivity index (χ1v) is 6.16. The summed E-state index contributed by atoms with van der Waals surface area (Å²) in [5.41, 5.74) is -0.650. The van der Waals surface area contributed by atoms with Gasteiger partial charge in [0.05, 0.1) is 11.5 Å². The second-order valence-electron chi connectivity index (χ2n) is 5.48. The number of carboxylic acid groups (broad SMARTS) is 1. The van der Waals surface area contributed by atoms with Crippen molar-refractivity contribution in [3.05, 3.63) is 0 Å². The van der Waals surface area contributed by atoms with Crippen molar-refractivity contribution >= 4 is 5.97 Å². The van der Waals surface area contributed by atoms with E-state index in [1.165, 1.54) is 12.8 Å². The summed E-state index contributed by atoms with van der Waals surface area (Å²) < 4.78 is 0. The van der Waals surface area contributed by atoms with Crippen molar-refractivity contribution in [2.75, 3.05) is 13.6 Å². The predicted molar refractivity (Wildman–Crippen MR) is 60.2 cm³/mol. The highest BCUT2D eigenvalue weighted by molar-refractivity contribution is 5.70. The van der Waals surface area contributed by atoms with E-state index in [1.807, 2.05) is 0 Å². The van der Waals surface area contributed by atoms with Gasteiger partial charge in [-0.05, 0) is 45.6 Å². The number of likely N-dealkylation sites (N-methyl/N-ethyl adjacent to an activating group) is 1. The van der Waals surface area contributed by atoms with E-state index >= 15 is 0 Å². The maximum atomic E-state index is 10.8. The normalized spacial score (nSPS) is 35.3. The van der Waals surface area contributed by atoms with Crippen LogP contribution in [0.5, 0.6) is 0 Å². The molecule has 2 saturated carbocycles. The number of nitrogens with zero attached hydrogens (tertiary/aromatic N) is 1. The molecule has 2 aliphatic rings. The Kier molecular flexibility index (Phi) is 3.22. The summed E-state index contributed by atoms with van der Waals surface area (Å²) in [4.78, 5) is 13.0. The van der Waals surface area contributed by atoms with E-state index < -0.39 is 11.6 Å². The molecule has 2 aliphatic carbocycles. The Morgan fingerprint density at radius 3 is 2.31 bits per heavy atom. The molecule has 16 heavy (non-hydrogen) atoms. The smallest absolute Gasteiger partial charge is 0.306 e. The van der Waals surface area contributed by atoms with Crippen LogP contribution in [0.25, 0.3) is 0 Å². The van der Waals surface area contributed by atoms with Crippen LogP contribution in [0.3, 0.4) is 0 Å². The van der Waals surface area contributed by atoms with Crippen molar-refractivity contribution in [2.45, 2.75) is 50.2 Å². The molecule has 0 bridgehead atoms. The van der Waals surface area contributed by atoms with Crippen LogP contribution in [0.2, 0.25) is 0 Å². The van der Waals surface area contributed by atoms with E-state index in [1.54, 1.807) is 0 Å². The predicted octanol–water partition coefficient (Wildman–Crippen LogP) is 1.09. The minimum absolute atomic E-state index is 0.244. The molecule has 0 amide bonds. The zero-order valence-electron chi connectivity index (χ0n) is 9.85. The molecular formula is C12H21NO3. The number of rotatable bonds is 4. The molecule has 92 valence electrons. The van der Waals surface area contributed by atoms with Gasteiger partial charge >= 0.3 is 5.97 Å². The number of carbonyl (C=O) groups is 1. The number of aliphatic hydroxyl groups is 1. The molecule has 0 aromatic rings. The average Bonchev–Trinajstić information content (AvgIpc) is 3.00. The lowest BCUT2D eigenvalue weighted by molar-refractivity contribution is -0.145. The van der Waals surface area contributed by atoms with E-state index in [0.29, 0.717) is 38.3 Å². The quantitative estimate of drug-likeness (QED) is 0.754. The molecule has 0 heterocycles. The van der Waals surface area contributed by atoms with E-state index in [0.717, 1.165) is 0 Å². The average molecular weight is 227 g/mol. The van der Waals surface area contributed by atoms with E-state index in [2.05, 4.69) is 11.9 Å². The maximum absolute atomic E-state index is 10.8. The maximum Gasteiger partial charge on any atom is 0.306 e. The third-order valence-electron chi connectivity index (χ3n) is 3.98. The lowest BCUT2D eigenvalue weighted by atomic mass is 9.78. The van der Waals surface area contributed by atoms with Crippen molar-refractivity contribution in [3.8, 4) is 0 Å². The highest BCUT2D eigenvalue weighted by atomic mass is 16.4. The number of carboxylic acids is 1. The molecule has 4 nitrogen and oxygen atoms in total. The minimum atomic E-state index is -0.711.